The lowest BCUT2D eigenvalue weighted by molar-refractivity contribution is -0.130. The van der Waals surface area contributed by atoms with Crippen LogP contribution < -0.4 is 16.8 Å². The summed E-state index contributed by atoms with van der Waals surface area (Å²) in [5, 5.41) is 21.4. The summed E-state index contributed by atoms with van der Waals surface area (Å²) in [7, 11) is 0. The topological polar surface area (TPSA) is 181 Å². The first-order chi connectivity index (χ1) is 19.6. The van der Waals surface area contributed by atoms with Gasteiger partial charge in [0.05, 0.1) is 12.6 Å². The molecule has 2 aromatic carbocycles. The van der Waals surface area contributed by atoms with Gasteiger partial charge in [-0.15, -0.1) is 10.2 Å². The molecule has 3 amide bonds. The Morgan fingerprint density at radius 2 is 1.71 bits per heavy atom. The van der Waals surface area contributed by atoms with Crippen LogP contribution in [0.2, 0.25) is 0 Å². The van der Waals surface area contributed by atoms with E-state index < -0.39 is 23.3 Å². The molecule has 1 aromatic heterocycles. The maximum atomic E-state index is 13.0. The summed E-state index contributed by atoms with van der Waals surface area (Å²) in [5.74, 6) is -0.432. The number of carbonyl (C=O) groups excluding carboxylic acids is 3. The number of primary amides is 2. The second kappa shape index (κ2) is 11.1. The van der Waals surface area contributed by atoms with Crippen molar-refractivity contribution in [2.24, 2.45) is 11.5 Å². The number of nitrogens with two attached hydrogens (primary N) is 2. The summed E-state index contributed by atoms with van der Waals surface area (Å²) < 4.78 is 6.14. The highest BCUT2D eigenvalue weighted by atomic mass is 16.4. The monoisotopic (exact) mass is 555 g/mol. The normalized spacial score (nSPS) is 18.1. The molecule has 1 fully saturated rings. The van der Waals surface area contributed by atoms with Gasteiger partial charge in [0.1, 0.15) is 11.5 Å². The van der Waals surface area contributed by atoms with Crippen molar-refractivity contribution in [2.75, 3.05) is 13.1 Å². The van der Waals surface area contributed by atoms with E-state index in [-0.39, 0.29) is 18.5 Å². The van der Waals surface area contributed by atoms with E-state index in [2.05, 4.69) is 21.6 Å². The molecule has 2 atom stereocenters. The molecule has 1 saturated heterocycles. The van der Waals surface area contributed by atoms with Crippen LogP contribution in [0.4, 0.5) is 0 Å². The van der Waals surface area contributed by atoms with E-state index in [4.69, 9.17) is 15.9 Å². The van der Waals surface area contributed by atoms with Gasteiger partial charge in [0.2, 0.25) is 29.5 Å². The number of nitrogens with zero attached hydrogens (tertiary/aromatic N) is 4. The number of rotatable bonds is 8. The fraction of sp³-hybridized carbons (Fsp3) is 0.400. The van der Waals surface area contributed by atoms with Gasteiger partial charge in [0, 0.05) is 30.6 Å². The third-order valence-electron chi connectivity index (χ3n) is 8.19. The third-order valence-corrected chi connectivity index (χ3v) is 8.19. The molecule has 0 spiro atoms. The number of nitriles is 1. The first kappa shape index (κ1) is 28.0. The van der Waals surface area contributed by atoms with Crippen LogP contribution in [0.15, 0.2) is 40.8 Å². The van der Waals surface area contributed by atoms with Crippen molar-refractivity contribution in [2.45, 2.75) is 63.5 Å². The molecule has 1 aliphatic carbocycles. The second-order valence-electron chi connectivity index (χ2n) is 10.9. The molecule has 1 aliphatic heterocycles. The van der Waals surface area contributed by atoms with Crippen LogP contribution in [0.3, 0.4) is 0 Å². The first-order valence-electron chi connectivity index (χ1n) is 13.7. The summed E-state index contributed by atoms with van der Waals surface area (Å²) in [6.45, 7) is 4.34. The second-order valence-corrected chi connectivity index (χ2v) is 10.9. The number of hydrogen-bond acceptors (Lipinski definition) is 8. The number of benzene rings is 2. The van der Waals surface area contributed by atoms with Gasteiger partial charge in [-0.3, -0.25) is 14.4 Å². The number of amides is 3. The Morgan fingerprint density at radius 3 is 2.22 bits per heavy atom. The fourth-order valence-corrected chi connectivity index (χ4v) is 6.26. The minimum absolute atomic E-state index is 0.0687. The maximum absolute atomic E-state index is 13.0. The molecule has 5 rings (SSSR count). The zero-order valence-electron chi connectivity index (χ0n) is 23.1. The highest BCUT2D eigenvalue weighted by Crippen LogP contribution is 2.47. The van der Waals surface area contributed by atoms with Crippen molar-refractivity contribution in [3.8, 4) is 6.07 Å². The Kier molecular flexibility index (Phi) is 7.60. The van der Waals surface area contributed by atoms with Crippen LogP contribution >= 0.6 is 0 Å². The summed E-state index contributed by atoms with van der Waals surface area (Å²) >= 11 is 0. The Balaban J connectivity index is 1.61. The van der Waals surface area contributed by atoms with E-state index in [0.29, 0.717) is 55.1 Å². The maximum Gasteiger partial charge on any atom is 0.248 e. The smallest absolute Gasteiger partial charge is 0.248 e. The van der Waals surface area contributed by atoms with E-state index in [1.165, 1.54) is 0 Å². The van der Waals surface area contributed by atoms with Gasteiger partial charge in [0.15, 0.2) is 0 Å². The Hall–Kier alpha value is -4.56. The molecule has 0 bridgehead atoms. The van der Waals surface area contributed by atoms with E-state index >= 15 is 0 Å². The molecular weight excluding hydrogens is 522 g/mol. The molecule has 212 valence electrons. The highest BCUT2D eigenvalue weighted by molar-refractivity contribution is 5.94. The minimum Gasteiger partial charge on any atom is -0.424 e. The molecule has 11 heteroatoms. The average Bonchev–Trinajstić information content (AvgIpc) is 3.60. The predicted octanol–water partition coefficient (Wildman–Crippen LogP) is 1.89. The summed E-state index contributed by atoms with van der Waals surface area (Å²) in [5.41, 5.74) is 14.6. The van der Waals surface area contributed by atoms with Crippen molar-refractivity contribution < 1.29 is 18.8 Å². The molecule has 11 nitrogen and oxygen atoms in total. The zero-order chi connectivity index (χ0) is 29.3. The van der Waals surface area contributed by atoms with Gasteiger partial charge < -0.3 is 26.1 Å². The number of fused-ring (bicyclic) bond motifs is 2. The predicted molar refractivity (Wildman–Crippen MR) is 149 cm³/mol. The molecule has 2 aliphatic rings. The van der Waals surface area contributed by atoms with Crippen molar-refractivity contribution in [1.82, 2.24) is 20.4 Å². The van der Waals surface area contributed by atoms with E-state index in [1.807, 2.05) is 19.1 Å². The number of likely N-dealkylation sites (tertiary alicyclic amines) is 1. The third kappa shape index (κ3) is 5.18. The van der Waals surface area contributed by atoms with Crippen LogP contribution in [0, 0.1) is 18.3 Å². The SMILES string of the molecule is Cc1nnc(C2(C[C@H](C)NCC(=O)N3CCC[C@H]3C#N)c3ccc(C(N)=O)cc3CCc3cc(C(N)=O)ccc32)o1. The van der Waals surface area contributed by atoms with Crippen LogP contribution in [-0.4, -0.2) is 58.0 Å². The van der Waals surface area contributed by atoms with Gasteiger partial charge in [-0.1, -0.05) is 12.1 Å². The average molecular weight is 556 g/mol. The van der Waals surface area contributed by atoms with E-state index in [1.54, 1.807) is 36.1 Å². The quantitative estimate of drug-likeness (QED) is 0.377. The summed E-state index contributed by atoms with van der Waals surface area (Å²) in [4.78, 5) is 38.8. The summed E-state index contributed by atoms with van der Waals surface area (Å²) in [6, 6.07) is 12.3. The summed E-state index contributed by atoms with van der Waals surface area (Å²) in [6.07, 6.45) is 3.06. The van der Waals surface area contributed by atoms with Crippen LogP contribution in [0.1, 0.15) is 80.9 Å². The van der Waals surface area contributed by atoms with Gasteiger partial charge in [-0.2, -0.15) is 5.26 Å². The largest absolute Gasteiger partial charge is 0.424 e. The first-order valence-corrected chi connectivity index (χ1v) is 13.7. The Bertz CT molecular complexity index is 1490. The number of carbonyl (C=O) groups is 3. The van der Waals surface area contributed by atoms with Crippen molar-refractivity contribution in [3.05, 3.63) is 81.6 Å². The van der Waals surface area contributed by atoms with Gasteiger partial charge in [-0.05, 0) is 85.5 Å². The molecule has 3 aromatic rings. The molecule has 0 saturated carbocycles. The van der Waals surface area contributed by atoms with Gasteiger partial charge >= 0.3 is 0 Å². The molecule has 5 N–H and O–H groups in total. The standard InChI is InChI=1S/C30H33N7O4/c1-17(34-16-26(38)37-11-3-4-23(37)15-31)14-30(29-36-35-18(2)41-29)24-9-7-21(27(32)39)12-19(24)5-6-20-13-22(28(33)40)8-10-25(20)30/h7-10,12-13,17,23,34H,3-6,11,14,16H2,1-2H3,(H2,32,39)(H2,33,40)/t17-,23-/m0/s1. The molecular formula is C30H33N7O4. The zero-order valence-corrected chi connectivity index (χ0v) is 23.1. The van der Waals surface area contributed by atoms with Gasteiger partial charge in [0.25, 0.3) is 0 Å². The van der Waals surface area contributed by atoms with E-state index in [9.17, 15) is 19.6 Å². The minimum atomic E-state index is -0.979. The number of nitrogens with one attached hydrogen (secondary N) is 1. The number of hydrogen-bond donors (Lipinski definition) is 3. The Labute approximate surface area is 237 Å². The number of aromatic nitrogens is 2. The highest BCUT2D eigenvalue weighted by Gasteiger charge is 2.46. The van der Waals surface area contributed by atoms with Crippen LogP contribution in [-0.2, 0) is 23.1 Å². The van der Waals surface area contributed by atoms with Gasteiger partial charge in [-0.25, -0.2) is 0 Å². The molecule has 41 heavy (non-hydrogen) atoms. The lowest BCUT2D eigenvalue weighted by Gasteiger charge is -2.36. The molecule has 2 heterocycles. The van der Waals surface area contributed by atoms with Crippen molar-refractivity contribution >= 4 is 17.7 Å². The Morgan fingerprint density at radius 1 is 1.10 bits per heavy atom. The lowest BCUT2D eigenvalue weighted by atomic mass is 9.68. The number of aryl methyl sites for hydroxylation is 3. The fourth-order valence-electron chi connectivity index (χ4n) is 6.26. The lowest BCUT2D eigenvalue weighted by Crippen LogP contribution is -2.45. The van der Waals surface area contributed by atoms with Crippen molar-refractivity contribution in [3.63, 3.8) is 0 Å². The van der Waals surface area contributed by atoms with Crippen molar-refractivity contribution in [1.29, 1.82) is 5.26 Å². The van der Waals surface area contributed by atoms with Crippen LogP contribution in [0.25, 0.3) is 0 Å². The molecule has 0 unspecified atom stereocenters. The van der Waals surface area contributed by atoms with E-state index in [0.717, 1.165) is 28.7 Å². The van der Waals surface area contributed by atoms with Crippen LogP contribution in [0.5, 0.6) is 0 Å². The molecule has 0 radical (unpaired) electrons.